The van der Waals surface area contributed by atoms with E-state index in [4.69, 9.17) is 10.5 Å². The summed E-state index contributed by atoms with van der Waals surface area (Å²) in [6, 6.07) is 5.58. The highest BCUT2D eigenvalue weighted by Crippen LogP contribution is 2.25. The Morgan fingerprint density at radius 1 is 1.53 bits per heavy atom. The first-order valence-electron chi connectivity index (χ1n) is 4.84. The monoisotopic (exact) mass is 275 g/mol. The van der Waals surface area contributed by atoms with Gasteiger partial charge in [0, 0.05) is 10.9 Å². The number of hydrogen-bond donors (Lipinski definition) is 1. The molecule has 4 heteroatoms. The number of alkyl halides is 1. The van der Waals surface area contributed by atoms with Gasteiger partial charge < -0.3 is 10.5 Å². The van der Waals surface area contributed by atoms with Gasteiger partial charge in [0.15, 0.2) is 0 Å². The molecule has 15 heavy (non-hydrogen) atoms. The number of ether oxygens (including phenoxy) is 1. The van der Waals surface area contributed by atoms with Gasteiger partial charge in [-0.05, 0) is 36.7 Å². The topological polar surface area (TPSA) is 35.2 Å². The van der Waals surface area contributed by atoms with Gasteiger partial charge in [-0.15, -0.1) is 0 Å². The van der Waals surface area contributed by atoms with Gasteiger partial charge in [0.2, 0.25) is 0 Å². The lowest BCUT2D eigenvalue weighted by molar-refractivity contribution is 0.311. The molecular weight excluding hydrogens is 261 g/mol. The van der Waals surface area contributed by atoms with E-state index in [1.54, 1.807) is 7.11 Å². The summed E-state index contributed by atoms with van der Waals surface area (Å²) in [5.74, 6) is 0.720. The van der Waals surface area contributed by atoms with Crippen molar-refractivity contribution in [2.75, 3.05) is 13.7 Å². The van der Waals surface area contributed by atoms with E-state index in [0.717, 1.165) is 15.8 Å². The molecular formula is C11H15BrFNO. The smallest absolute Gasteiger partial charge is 0.122 e. The molecule has 0 aromatic heterocycles. The molecule has 0 bridgehead atoms. The average molecular weight is 276 g/mol. The summed E-state index contributed by atoms with van der Waals surface area (Å²) >= 11 is 3.35. The molecule has 0 saturated heterocycles. The van der Waals surface area contributed by atoms with Gasteiger partial charge in [-0.1, -0.05) is 15.9 Å². The van der Waals surface area contributed by atoms with Gasteiger partial charge in [0.05, 0.1) is 7.11 Å². The van der Waals surface area contributed by atoms with Crippen LogP contribution in [0.25, 0.3) is 0 Å². The lowest BCUT2D eigenvalue weighted by atomic mass is 10.1. The lowest BCUT2D eigenvalue weighted by Crippen LogP contribution is -2.12. The highest BCUT2D eigenvalue weighted by molar-refractivity contribution is 9.10. The van der Waals surface area contributed by atoms with Gasteiger partial charge in [-0.3, -0.25) is 0 Å². The second-order valence-electron chi connectivity index (χ2n) is 3.33. The predicted molar refractivity (Wildman–Crippen MR) is 63.0 cm³/mol. The molecule has 1 atom stereocenters. The molecule has 1 rings (SSSR count). The van der Waals surface area contributed by atoms with E-state index >= 15 is 0 Å². The zero-order valence-corrected chi connectivity index (χ0v) is 10.3. The summed E-state index contributed by atoms with van der Waals surface area (Å²) in [4.78, 5) is 0. The molecule has 0 aliphatic carbocycles. The molecule has 0 saturated carbocycles. The van der Waals surface area contributed by atoms with Gasteiger partial charge in [0.25, 0.3) is 0 Å². The minimum absolute atomic E-state index is 0.347. The summed E-state index contributed by atoms with van der Waals surface area (Å²) < 4.78 is 19.5. The first-order valence-corrected chi connectivity index (χ1v) is 5.63. The van der Waals surface area contributed by atoms with Crippen molar-refractivity contribution in [1.29, 1.82) is 0 Å². The second-order valence-corrected chi connectivity index (χ2v) is 4.25. The maximum Gasteiger partial charge on any atom is 0.122 e. The fraction of sp³-hybridized carbons (Fsp3) is 0.455. The fourth-order valence-electron chi connectivity index (χ4n) is 1.43. The molecule has 0 aliphatic rings. The summed E-state index contributed by atoms with van der Waals surface area (Å²) in [5, 5.41) is 0. The minimum atomic E-state index is -0.904. The van der Waals surface area contributed by atoms with E-state index in [1.165, 1.54) is 0 Å². The van der Waals surface area contributed by atoms with Crippen molar-refractivity contribution >= 4 is 15.9 Å². The zero-order valence-electron chi connectivity index (χ0n) is 8.67. The molecule has 0 amide bonds. The third kappa shape index (κ3) is 3.80. The van der Waals surface area contributed by atoms with E-state index in [9.17, 15) is 4.39 Å². The van der Waals surface area contributed by atoms with Crippen LogP contribution in [0.3, 0.4) is 0 Å². The molecule has 0 heterocycles. The molecule has 84 valence electrons. The number of hydrogen-bond acceptors (Lipinski definition) is 2. The van der Waals surface area contributed by atoms with Crippen LogP contribution in [-0.2, 0) is 6.42 Å². The van der Waals surface area contributed by atoms with Crippen molar-refractivity contribution in [3.8, 4) is 5.75 Å². The van der Waals surface area contributed by atoms with Crippen LogP contribution in [0.2, 0.25) is 0 Å². The third-order valence-corrected chi connectivity index (χ3v) is 2.66. The van der Waals surface area contributed by atoms with Crippen LogP contribution in [0, 0.1) is 0 Å². The van der Waals surface area contributed by atoms with Gasteiger partial charge >= 0.3 is 0 Å². The molecule has 1 aromatic rings. The van der Waals surface area contributed by atoms with Crippen molar-refractivity contribution in [2.24, 2.45) is 5.73 Å². The van der Waals surface area contributed by atoms with E-state index in [-0.39, 0.29) is 0 Å². The Morgan fingerprint density at radius 3 is 2.87 bits per heavy atom. The molecule has 1 aromatic carbocycles. The molecule has 0 fully saturated rings. The lowest BCUT2D eigenvalue weighted by Gasteiger charge is -2.11. The molecule has 1 unspecified atom stereocenters. The van der Waals surface area contributed by atoms with Crippen LogP contribution in [0.1, 0.15) is 12.0 Å². The van der Waals surface area contributed by atoms with Gasteiger partial charge in [-0.25, -0.2) is 4.39 Å². The van der Waals surface area contributed by atoms with Crippen LogP contribution in [-0.4, -0.2) is 19.8 Å². The SMILES string of the molecule is COc1ccc(Br)cc1CC(F)CCN. The summed E-state index contributed by atoms with van der Waals surface area (Å²) in [6.45, 7) is 0.373. The minimum Gasteiger partial charge on any atom is -0.496 e. The third-order valence-electron chi connectivity index (χ3n) is 2.16. The van der Waals surface area contributed by atoms with Crippen molar-refractivity contribution < 1.29 is 9.13 Å². The van der Waals surface area contributed by atoms with Gasteiger partial charge in [-0.2, -0.15) is 0 Å². The molecule has 2 N–H and O–H groups in total. The number of rotatable bonds is 5. The fourth-order valence-corrected chi connectivity index (χ4v) is 1.84. The number of nitrogens with two attached hydrogens (primary N) is 1. The van der Waals surface area contributed by atoms with Crippen molar-refractivity contribution in [3.05, 3.63) is 28.2 Å². The van der Waals surface area contributed by atoms with Gasteiger partial charge in [0.1, 0.15) is 11.9 Å². The predicted octanol–water partition coefficient (Wildman–Crippen LogP) is 2.69. The molecule has 2 nitrogen and oxygen atoms in total. The second kappa shape index (κ2) is 6.08. The highest BCUT2D eigenvalue weighted by Gasteiger charge is 2.11. The molecule has 0 aliphatic heterocycles. The van der Waals surface area contributed by atoms with Crippen LogP contribution in [0.5, 0.6) is 5.75 Å². The van der Waals surface area contributed by atoms with Crippen LogP contribution in [0.15, 0.2) is 22.7 Å². The number of halogens is 2. The van der Waals surface area contributed by atoms with Crippen LogP contribution < -0.4 is 10.5 Å². The van der Waals surface area contributed by atoms with E-state index in [1.807, 2.05) is 18.2 Å². The highest BCUT2D eigenvalue weighted by atomic mass is 79.9. The zero-order chi connectivity index (χ0) is 11.3. The van der Waals surface area contributed by atoms with E-state index in [2.05, 4.69) is 15.9 Å². The standard InChI is InChI=1S/C11H15BrFNO/c1-15-11-3-2-9(12)6-8(11)7-10(13)4-5-14/h2-3,6,10H,4-5,7,14H2,1H3. The van der Waals surface area contributed by atoms with Crippen LogP contribution >= 0.6 is 15.9 Å². The number of methoxy groups -OCH3 is 1. The molecule has 0 spiro atoms. The first-order chi connectivity index (χ1) is 7.17. The maximum absolute atomic E-state index is 13.4. The van der Waals surface area contributed by atoms with E-state index in [0.29, 0.717) is 19.4 Å². The number of benzene rings is 1. The Kier molecular flexibility index (Phi) is 5.05. The van der Waals surface area contributed by atoms with E-state index < -0.39 is 6.17 Å². The molecule has 0 radical (unpaired) electrons. The Labute approximate surface area is 97.7 Å². The Balaban J connectivity index is 2.77. The van der Waals surface area contributed by atoms with Crippen molar-refractivity contribution in [1.82, 2.24) is 0 Å². The summed E-state index contributed by atoms with van der Waals surface area (Å²) in [6.07, 6.45) is -0.173. The summed E-state index contributed by atoms with van der Waals surface area (Å²) in [7, 11) is 1.59. The maximum atomic E-state index is 13.4. The first kappa shape index (κ1) is 12.5. The van der Waals surface area contributed by atoms with Crippen molar-refractivity contribution in [2.45, 2.75) is 19.0 Å². The quantitative estimate of drug-likeness (QED) is 0.897. The normalized spacial score (nSPS) is 12.5. The van der Waals surface area contributed by atoms with Crippen LogP contribution in [0.4, 0.5) is 4.39 Å². The van der Waals surface area contributed by atoms with Crippen molar-refractivity contribution in [3.63, 3.8) is 0 Å². The summed E-state index contributed by atoms with van der Waals surface area (Å²) in [5.41, 5.74) is 6.17. The Bertz CT molecular complexity index is 319. The average Bonchev–Trinajstić information content (AvgIpc) is 2.18. The largest absolute Gasteiger partial charge is 0.496 e. The Morgan fingerprint density at radius 2 is 2.27 bits per heavy atom. The Hall–Kier alpha value is -0.610.